The first-order valence-corrected chi connectivity index (χ1v) is 6.07. The van der Waals surface area contributed by atoms with E-state index in [0.717, 1.165) is 0 Å². The second-order valence-electron chi connectivity index (χ2n) is 4.82. The van der Waals surface area contributed by atoms with Gasteiger partial charge in [0.1, 0.15) is 0 Å². The van der Waals surface area contributed by atoms with E-state index in [9.17, 15) is 13.6 Å². The third kappa shape index (κ3) is 3.15. The van der Waals surface area contributed by atoms with Crippen LogP contribution >= 0.6 is 0 Å². The van der Waals surface area contributed by atoms with Crippen LogP contribution in [0.3, 0.4) is 0 Å². The van der Waals surface area contributed by atoms with Gasteiger partial charge in [0.05, 0.1) is 0 Å². The molecule has 0 saturated carbocycles. The molecule has 0 spiro atoms. The second-order valence-corrected chi connectivity index (χ2v) is 4.82. The minimum Gasteiger partial charge on any atom is -0.361 e. The minimum atomic E-state index is -2.66. The molecule has 5 nitrogen and oxygen atoms in total. The van der Waals surface area contributed by atoms with Gasteiger partial charge in [-0.3, -0.25) is 4.79 Å². The second kappa shape index (κ2) is 5.07. The first kappa shape index (κ1) is 13.6. The zero-order valence-electron chi connectivity index (χ0n) is 10.9. The van der Waals surface area contributed by atoms with Crippen LogP contribution in [0.25, 0.3) is 0 Å². The van der Waals surface area contributed by atoms with Gasteiger partial charge in [-0.1, -0.05) is 0 Å². The highest BCUT2D eigenvalue weighted by atomic mass is 19.3. The number of carbonyl (C=O) groups is 1. The van der Waals surface area contributed by atoms with Crippen LogP contribution in [-0.4, -0.2) is 54.1 Å². The van der Waals surface area contributed by atoms with Crippen molar-refractivity contribution in [3.63, 3.8) is 0 Å². The number of hydrogen-bond acceptors (Lipinski definition) is 4. The van der Waals surface area contributed by atoms with E-state index in [1.165, 1.54) is 4.90 Å². The molecule has 1 aliphatic heterocycles. The average Bonchev–Trinajstić information content (AvgIpc) is 2.38. The van der Waals surface area contributed by atoms with Gasteiger partial charge in [-0.15, -0.1) is 10.2 Å². The van der Waals surface area contributed by atoms with E-state index < -0.39 is 5.92 Å². The Bertz CT molecular complexity index is 451. The molecule has 0 atom stereocenters. The SMILES string of the molecule is CN(C)c1ccc(C(=O)N2CCC(F)(F)CC2)nn1. The Hall–Kier alpha value is -1.79. The van der Waals surface area contributed by atoms with Crippen molar-refractivity contribution in [2.24, 2.45) is 0 Å². The molecular weight excluding hydrogens is 254 g/mol. The molecule has 0 unspecified atom stereocenters. The first-order valence-electron chi connectivity index (χ1n) is 6.07. The lowest BCUT2D eigenvalue weighted by Gasteiger charge is -2.31. The smallest absolute Gasteiger partial charge is 0.274 e. The number of halogens is 2. The molecule has 0 N–H and O–H groups in total. The van der Waals surface area contributed by atoms with Crippen molar-refractivity contribution >= 4 is 11.7 Å². The van der Waals surface area contributed by atoms with E-state index in [1.54, 1.807) is 17.0 Å². The Morgan fingerprint density at radius 3 is 2.37 bits per heavy atom. The minimum absolute atomic E-state index is 0.0585. The van der Waals surface area contributed by atoms with Crippen molar-refractivity contribution in [3.05, 3.63) is 17.8 Å². The Morgan fingerprint density at radius 1 is 1.26 bits per heavy atom. The highest BCUT2D eigenvalue weighted by molar-refractivity contribution is 5.92. The fourth-order valence-corrected chi connectivity index (χ4v) is 1.88. The zero-order chi connectivity index (χ0) is 14.0. The fraction of sp³-hybridized carbons (Fsp3) is 0.583. The monoisotopic (exact) mass is 270 g/mol. The van der Waals surface area contributed by atoms with Crippen LogP contribution in [0.5, 0.6) is 0 Å². The van der Waals surface area contributed by atoms with Crippen molar-refractivity contribution in [1.82, 2.24) is 15.1 Å². The Kier molecular flexibility index (Phi) is 3.64. The summed E-state index contributed by atoms with van der Waals surface area (Å²) in [5.41, 5.74) is 0.191. The van der Waals surface area contributed by atoms with Crippen molar-refractivity contribution in [1.29, 1.82) is 0 Å². The van der Waals surface area contributed by atoms with Crippen LogP contribution in [0.1, 0.15) is 23.3 Å². The summed E-state index contributed by atoms with van der Waals surface area (Å²) < 4.78 is 26.0. The largest absolute Gasteiger partial charge is 0.361 e. The Morgan fingerprint density at radius 2 is 1.89 bits per heavy atom. The van der Waals surface area contributed by atoms with Gasteiger partial charge < -0.3 is 9.80 Å². The van der Waals surface area contributed by atoms with Gasteiger partial charge in [-0.2, -0.15) is 0 Å². The topological polar surface area (TPSA) is 49.3 Å². The van der Waals surface area contributed by atoms with Crippen LogP contribution in [-0.2, 0) is 0 Å². The molecule has 0 radical (unpaired) electrons. The summed E-state index contributed by atoms with van der Waals surface area (Å²) in [5, 5.41) is 7.74. The van der Waals surface area contributed by atoms with Gasteiger partial charge in [0.2, 0.25) is 0 Å². The summed E-state index contributed by atoms with van der Waals surface area (Å²) in [6.45, 7) is 0.117. The highest BCUT2D eigenvalue weighted by Crippen LogP contribution is 2.28. The predicted molar refractivity (Wildman–Crippen MR) is 66.4 cm³/mol. The third-order valence-electron chi connectivity index (χ3n) is 3.11. The van der Waals surface area contributed by atoms with Crippen LogP contribution in [0.15, 0.2) is 12.1 Å². The molecule has 7 heteroatoms. The van der Waals surface area contributed by atoms with Gasteiger partial charge in [-0.25, -0.2) is 8.78 Å². The molecule has 2 heterocycles. The molecule has 0 bridgehead atoms. The maximum Gasteiger partial charge on any atom is 0.274 e. The number of alkyl halides is 2. The van der Waals surface area contributed by atoms with E-state index in [1.807, 2.05) is 14.1 Å². The fourth-order valence-electron chi connectivity index (χ4n) is 1.88. The van der Waals surface area contributed by atoms with Crippen molar-refractivity contribution < 1.29 is 13.6 Å². The summed E-state index contributed by atoms with van der Waals surface area (Å²) in [4.78, 5) is 15.2. The summed E-state index contributed by atoms with van der Waals surface area (Å²) in [7, 11) is 3.64. The summed E-state index contributed by atoms with van der Waals surface area (Å²) in [5.74, 6) is -2.35. The number of nitrogens with zero attached hydrogens (tertiary/aromatic N) is 4. The predicted octanol–water partition coefficient (Wildman–Crippen LogP) is 1.41. The third-order valence-corrected chi connectivity index (χ3v) is 3.11. The molecule has 1 saturated heterocycles. The number of rotatable bonds is 2. The van der Waals surface area contributed by atoms with E-state index in [4.69, 9.17) is 0 Å². The van der Waals surface area contributed by atoms with Gasteiger partial charge in [-0.05, 0) is 12.1 Å². The molecule has 1 amide bonds. The van der Waals surface area contributed by atoms with Crippen LogP contribution in [0.4, 0.5) is 14.6 Å². The van der Waals surface area contributed by atoms with Gasteiger partial charge in [0, 0.05) is 40.0 Å². The standard InChI is InChI=1S/C12H16F2N4O/c1-17(2)10-4-3-9(15-16-10)11(19)18-7-5-12(13,14)6-8-18/h3-4H,5-8H2,1-2H3. The van der Waals surface area contributed by atoms with Crippen LogP contribution < -0.4 is 4.90 Å². The molecule has 0 aromatic carbocycles. The maximum absolute atomic E-state index is 13.0. The number of likely N-dealkylation sites (tertiary alicyclic amines) is 1. The lowest BCUT2D eigenvalue weighted by Crippen LogP contribution is -2.43. The van der Waals surface area contributed by atoms with Crippen LogP contribution in [0.2, 0.25) is 0 Å². The van der Waals surface area contributed by atoms with Gasteiger partial charge >= 0.3 is 0 Å². The van der Waals surface area contributed by atoms with Gasteiger partial charge in [0.15, 0.2) is 11.5 Å². The summed E-state index contributed by atoms with van der Waals surface area (Å²) in [6, 6.07) is 3.25. The van der Waals surface area contributed by atoms with E-state index >= 15 is 0 Å². The van der Waals surface area contributed by atoms with Crippen molar-refractivity contribution in [3.8, 4) is 0 Å². The van der Waals surface area contributed by atoms with E-state index in [0.29, 0.717) is 5.82 Å². The summed E-state index contributed by atoms with van der Waals surface area (Å²) in [6.07, 6.45) is -0.579. The Balaban J connectivity index is 2.04. The van der Waals surface area contributed by atoms with Crippen molar-refractivity contribution in [2.75, 3.05) is 32.1 Å². The Labute approximate surface area is 110 Å². The summed E-state index contributed by atoms with van der Waals surface area (Å²) >= 11 is 0. The molecule has 104 valence electrons. The molecule has 1 aromatic heterocycles. The number of anilines is 1. The van der Waals surface area contributed by atoms with E-state index in [2.05, 4.69) is 10.2 Å². The average molecular weight is 270 g/mol. The molecule has 1 aliphatic rings. The molecule has 2 rings (SSSR count). The van der Waals surface area contributed by atoms with E-state index in [-0.39, 0.29) is 37.5 Å². The number of hydrogen-bond donors (Lipinski definition) is 0. The van der Waals surface area contributed by atoms with Crippen molar-refractivity contribution in [2.45, 2.75) is 18.8 Å². The normalized spacial score (nSPS) is 18.2. The van der Waals surface area contributed by atoms with Gasteiger partial charge in [0.25, 0.3) is 11.8 Å². The maximum atomic E-state index is 13.0. The number of amides is 1. The lowest BCUT2D eigenvalue weighted by atomic mass is 10.1. The quantitative estimate of drug-likeness (QED) is 0.815. The molecular formula is C12H16F2N4O. The number of carbonyl (C=O) groups excluding carboxylic acids is 1. The molecule has 0 aliphatic carbocycles. The van der Waals surface area contributed by atoms with Crippen LogP contribution in [0, 0.1) is 0 Å². The zero-order valence-corrected chi connectivity index (χ0v) is 10.9. The highest BCUT2D eigenvalue weighted by Gasteiger charge is 2.36. The lowest BCUT2D eigenvalue weighted by molar-refractivity contribution is -0.0495. The number of piperidine rings is 1. The molecule has 19 heavy (non-hydrogen) atoms. The first-order chi connectivity index (χ1) is 8.89. The number of aromatic nitrogens is 2. The molecule has 1 aromatic rings. The molecule has 1 fully saturated rings.